The number of rotatable bonds is 3. The molecule has 0 aliphatic heterocycles. The second kappa shape index (κ2) is 3.94. The Kier molecular flexibility index (Phi) is 3.55. The Morgan fingerprint density at radius 2 is 2.36 bits per heavy atom. The standard InChI is InChI=1S/C7H12N2O2/c1-6(10)9-7(2,4-8)5-11-3/h5H2,1-3H3,(H,9,10). The molecular weight excluding hydrogens is 144 g/mol. The lowest BCUT2D eigenvalue weighted by molar-refractivity contribution is -0.120. The molecule has 4 heteroatoms. The molecule has 1 unspecified atom stereocenters. The SMILES string of the molecule is COCC(C)(C#N)NC(C)=O. The van der Waals surface area contributed by atoms with Crippen LogP contribution in [-0.4, -0.2) is 25.2 Å². The van der Waals surface area contributed by atoms with Gasteiger partial charge in [-0.25, -0.2) is 0 Å². The fourth-order valence-corrected chi connectivity index (χ4v) is 0.774. The van der Waals surface area contributed by atoms with Crippen molar-refractivity contribution in [3.8, 4) is 6.07 Å². The first-order valence-electron chi connectivity index (χ1n) is 3.23. The minimum Gasteiger partial charge on any atom is -0.381 e. The Bertz CT molecular complexity index is 185. The topological polar surface area (TPSA) is 62.1 Å². The molecule has 0 aliphatic carbocycles. The minimum atomic E-state index is -0.902. The lowest BCUT2D eigenvalue weighted by Gasteiger charge is -2.20. The van der Waals surface area contributed by atoms with Gasteiger partial charge in [0, 0.05) is 14.0 Å². The molecule has 0 aromatic carbocycles. The summed E-state index contributed by atoms with van der Waals surface area (Å²) in [5, 5.41) is 11.1. The average molecular weight is 156 g/mol. The average Bonchev–Trinajstić information content (AvgIpc) is 1.87. The fourth-order valence-electron chi connectivity index (χ4n) is 0.774. The van der Waals surface area contributed by atoms with Crippen LogP contribution in [0.5, 0.6) is 0 Å². The van der Waals surface area contributed by atoms with Gasteiger partial charge < -0.3 is 10.1 Å². The summed E-state index contributed by atoms with van der Waals surface area (Å²) in [6.07, 6.45) is 0. The quantitative estimate of drug-likeness (QED) is 0.628. The van der Waals surface area contributed by atoms with Gasteiger partial charge in [-0.05, 0) is 6.92 Å². The van der Waals surface area contributed by atoms with E-state index in [0.29, 0.717) is 0 Å². The largest absolute Gasteiger partial charge is 0.381 e. The normalized spacial score (nSPS) is 14.7. The molecule has 0 saturated carbocycles. The number of methoxy groups -OCH3 is 1. The van der Waals surface area contributed by atoms with Gasteiger partial charge >= 0.3 is 0 Å². The maximum atomic E-state index is 10.6. The van der Waals surface area contributed by atoms with Crippen molar-refractivity contribution in [1.82, 2.24) is 5.32 Å². The van der Waals surface area contributed by atoms with Crippen molar-refractivity contribution < 1.29 is 9.53 Å². The molecular formula is C7H12N2O2. The summed E-state index contributed by atoms with van der Waals surface area (Å²) < 4.78 is 4.76. The zero-order chi connectivity index (χ0) is 8.91. The van der Waals surface area contributed by atoms with Gasteiger partial charge in [0.2, 0.25) is 5.91 Å². The van der Waals surface area contributed by atoms with Crippen LogP contribution in [0.2, 0.25) is 0 Å². The molecule has 0 fully saturated rings. The third-order valence-electron chi connectivity index (χ3n) is 1.13. The summed E-state index contributed by atoms with van der Waals surface area (Å²) in [5.41, 5.74) is -0.902. The molecule has 1 amide bonds. The molecule has 1 N–H and O–H groups in total. The highest BCUT2D eigenvalue weighted by Crippen LogP contribution is 2.00. The molecule has 1 atom stereocenters. The Morgan fingerprint density at radius 3 is 2.64 bits per heavy atom. The lowest BCUT2D eigenvalue weighted by Crippen LogP contribution is -2.47. The highest BCUT2D eigenvalue weighted by molar-refractivity contribution is 5.74. The smallest absolute Gasteiger partial charge is 0.218 e. The molecule has 0 aromatic rings. The number of nitrogens with zero attached hydrogens (tertiary/aromatic N) is 1. The van der Waals surface area contributed by atoms with Crippen LogP contribution in [0.3, 0.4) is 0 Å². The third kappa shape index (κ3) is 3.58. The number of carbonyl (C=O) groups is 1. The van der Waals surface area contributed by atoms with Crippen LogP contribution >= 0.6 is 0 Å². The summed E-state index contributed by atoms with van der Waals surface area (Å²) in [7, 11) is 1.48. The van der Waals surface area contributed by atoms with Crippen LogP contribution in [0.4, 0.5) is 0 Å². The molecule has 11 heavy (non-hydrogen) atoms. The monoisotopic (exact) mass is 156 g/mol. The van der Waals surface area contributed by atoms with Gasteiger partial charge in [-0.15, -0.1) is 0 Å². The van der Waals surface area contributed by atoms with E-state index in [1.54, 1.807) is 6.92 Å². The number of amides is 1. The maximum Gasteiger partial charge on any atom is 0.218 e. The first-order valence-corrected chi connectivity index (χ1v) is 3.23. The second-order valence-electron chi connectivity index (χ2n) is 2.56. The fraction of sp³-hybridized carbons (Fsp3) is 0.714. The van der Waals surface area contributed by atoms with E-state index in [1.807, 2.05) is 6.07 Å². The molecule has 0 bridgehead atoms. The van der Waals surface area contributed by atoms with Gasteiger partial charge in [0.05, 0.1) is 12.7 Å². The zero-order valence-corrected chi connectivity index (χ0v) is 6.97. The zero-order valence-electron chi connectivity index (χ0n) is 6.97. The van der Waals surface area contributed by atoms with Gasteiger partial charge in [0.25, 0.3) is 0 Å². The van der Waals surface area contributed by atoms with E-state index in [-0.39, 0.29) is 12.5 Å². The van der Waals surface area contributed by atoms with Crippen LogP contribution in [0.15, 0.2) is 0 Å². The molecule has 0 radical (unpaired) electrons. The summed E-state index contributed by atoms with van der Waals surface area (Å²) in [6, 6.07) is 1.95. The van der Waals surface area contributed by atoms with Crippen LogP contribution in [0.25, 0.3) is 0 Å². The van der Waals surface area contributed by atoms with Crippen LogP contribution in [0, 0.1) is 11.3 Å². The maximum absolute atomic E-state index is 10.6. The van der Waals surface area contributed by atoms with E-state index < -0.39 is 5.54 Å². The van der Waals surface area contributed by atoms with Crippen LogP contribution in [-0.2, 0) is 9.53 Å². The van der Waals surface area contributed by atoms with Gasteiger partial charge in [-0.1, -0.05) is 0 Å². The molecule has 0 heterocycles. The first-order chi connectivity index (χ1) is 5.04. The molecule has 0 aromatic heterocycles. The van der Waals surface area contributed by atoms with Crippen molar-refractivity contribution in [2.45, 2.75) is 19.4 Å². The summed E-state index contributed by atoms with van der Waals surface area (Å²) in [5.74, 6) is -0.230. The minimum absolute atomic E-state index is 0.197. The van der Waals surface area contributed by atoms with E-state index >= 15 is 0 Å². The van der Waals surface area contributed by atoms with Gasteiger partial charge in [-0.3, -0.25) is 4.79 Å². The first kappa shape index (κ1) is 9.92. The predicted octanol–water partition coefficient (Wildman–Crippen LogP) is 0.0512. The van der Waals surface area contributed by atoms with Gasteiger partial charge in [0.15, 0.2) is 0 Å². The number of ether oxygens (including phenoxy) is 1. The Morgan fingerprint density at radius 1 is 1.82 bits per heavy atom. The molecule has 4 nitrogen and oxygen atoms in total. The molecule has 0 spiro atoms. The van der Waals surface area contributed by atoms with Crippen molar-refractivity contribution in [1.29, 1.82) is 5.26 Å². The van der Waals surface area contributed by atoms with Crippen molar-refractivity contribution in [2.75, 3.05) is 13.7 Å². The second-order valence-corrected chi connectivity index (χ2v) is 2.56. The molecule has 0 aliphatic rings. The Labute approximate surface area is 66.1 Å². The van der Waals surface area contributed by atoms with E-state index in [1.165, 1.54) is 14.0 Å². The number of nitriles is 1. The summed E-state index contributed by atoms with van der Waals surface area (Å²) in [4.78, 5) is 10.6. The lowest BCUT2D eigenvalue weighted by atomic mass is 10.1. The van der Waals surface area contributed by atoms with Gasteiger partial charge in [-0.2, -0.15) is 5.26 Å². The van der Waals surface area contributed by atoms with Crippen molar-refractivity contribution in [2.24, 2.45) is 0 Å². The van der Waals surface area contributed by atoms with E-state index in [9.17, 15) is 4.79 Å². The number of hydrogen-bond donors (Lipinski definition) is 1. The predicted molar refractivity (Wildman–Crippen MR) is 39.7 cm³/mol. The van der Waals surface area contributed by atoms with E-state index in [4.69, 9.17) is 10.00 Å². The molecule has 62 valence electrons. The number of nitrogens with one attached hydrogen (secondary N) is 1. The van der Waals surface area contributed by atoms with Crippen LogP contribution in [0.1, 0.15) is 13.8 Å². The number of hydrogen-bond acceptors (Lipinski definition) is 3. The molecule has 0 saturated heterocycles. The van der Waals surface area contributed by atoms with Gasteiger partial charge in [0.1, 0.15) is 5.54 Å². The van der Waals surface area contributed by atoms with Crippen molar-refractivity contribution in [3.63, 3.8) is 0 Å². The Hall–Kier alpha value is -1.08. The number of carbonyl (C=O) groups excluding carboxylic acids is 1. The summed E-state index contributed by atoms with van der Waals surface area (Å²) >= 11 is 0. The van der Waals surface area contributed by atoms with Crippen molar-refractivity contribution >= 4 is 5.91 Å². The van der Waals surface area contributed by atoms with Crippen molar-refractivity contribution in [3.05, 3.63) is 0 Å². The molecule has 0 rings (SSSR count). The van der Waals surface area contributed by atoms with E-state index in [0.717, 1.165) is 0 Å². The highest BCUT2D eigenvalue weighted by atomic mass is 16.5. The summed E-state index contributed by atoms with van der Waals surface area (Å²) in [6.45, 7) is 3.17. The highest BCUT2D eigenvalue weighted by Gasteiger charge is 2.23. The van der Waals surface area contributed by atoms with E-state index in [2.05, 4.69) is 5.32 Å². The Balaban J connectivity index is 4.13. The third-order valence-corrected chi connectivity index (χ3v) is 1.13. The van der Waals surface area contributed by atoms with Crippen LogP contribution < -0.4 is 5.32 Å².